The fourth-order valence-corrected chi connectivity index (χ4v) is 7.39. The van der Waals surface area contributed by atoms with E-state index in [0.29, 0.717) is 0 Å². The molecule has 0 amide bonds. The summed E-state index contributed by atoms with van der Waals surface area (Å²) >= 11 is 6.25. The van der Waals surface area contributed by atoms with E-state index in [1.165, 1.54) is 27.0 Å². The van der Waals surface area contributed by atoms with Crippen molar-refractivity contribution in [3.8, 4) is 11.1 Å². The Balaban J connectivity index is 2.13. The van der Waals surface area contributed by atoms with Gasteiger partial charge >= 0.3 is 0 Å². The first-order valence-electron chi connectivity index (χ1n) is 6.67. The standard InChI is InChI=1S/C18H13PS/c20-19(14-8-2-1-3-9-14)17-12-6-4-10-15(17)16-11-5-7-13-18(16)19/h1-13H. The van der Waals surface area contributed by atoms with E-state index in [4.69, 9.17) is 11.8 Å². The highest BCUT2D eigenvalue weighted by Crippen LogP contribution is 2.52. The molecule has 0 radical (unpaired) electrons. The summed E-state index contributed by atoms with van der Waals surface area (Å²) in [5, 5.41) is 3.96. The van der Waals surface area contributed by atoms with Crippen molar-refractivity contribution < 1.29 is 0 Å². The molecule has 1 heterocycles. The minimum absolute atomic E-state index is 1.28. The first-order chi connectivity index (χ1) is 9.82. The van der Waals surface area contributed by atoms with Crippen LogP contribution in [0.4, 0.5) is 0 Å². The van der Waals surface area contributed by atoms with Crippen molar-refractivity contribution in [1.29, 1.82) is 0 Å². The van der Waals surface area contributed by atoms with Crippen LogP contribution in [0.5, 0.6) is 0 Å². The third-order valence-corrected chi connectivity index (χ3v) is 8.87. The molecule has 96 valence electrons. The van der Waals surface area contributed by atoms with Crippen molar-refractivity contribution in [2.24, 2.45) is 0 Å². The molecule has 0 bridgehead atoms. The van der Waals surface area contributed by atoms with Gasteiger partial charge in [-0.3, -0.25) is 0 Å². The molecule has 0 fully saturated rings. The van der Waals surface area contributed by atoms with Crippen molar-refractivity contribution in [2.75, 3.05) is 0 Å². The summed E-state index contributed by atoms with van der Waals surface area (Å²) in [5.41, 5.74) is 2.63. The lowest BCUT2D eigenvalue weighted by atomic mass is 10.1. The van der Waals surface area contributed by atoms with E-state index in [1.54, 1.807) is 0 Å². The van der Waals surface area contributed by atoms with E-state index < -0.39 is 6.04 Å². The molecule has 3 aromatic rings. The maximum atomic E-state index is 6.25. The molecular weight excluding hydrogens is 279 g/mol. The molecule has 1 aliphatic rings. The van der Waals surface area contributed by atoms with Gasteiger partial charge in [-0.15, -0.1) is 0 Å². The zero-order chi connectivity index (χ0) is 13.6. The Morgan fingerprint density at radius 3 is 1.55 bits per heavy atom. The second-order valence-electron chi connectivity index (χ2n) is 4.98. The van der Waals surface area contributed by atoms with Gasteiger partial charge in [-0.25, -0.2) is 0 Å². The Labute approximate surface area is 124 Å². The van der Waals surface area contributed by atoms with Crippen LogP contribution in [0.1, 0.15) is 0 Å². The van der Waals surface area contributed by atoms with E-state index in [0.717, 1.165) is 0 Å². The summed E-state index contributed by atoms with van der Waals surface area (Å²) in [7, 11) is 0. The van der Waals surface area contributed by atoms with Gasteiger partial charge in [-0.05, 0) is 16.4 Å². The number of rotatable bonds is 1. The lowest BCUT2D eigenvalue weighted by molar-refractivity contribution is 1.71. The van der Waals surface area contributed by atoms with E-state index >= 15 is 0 Å². The minimum Gasteiger partial charge on any atom is -0.0826 e. The van der Waals surface area contributed by atoms with Crippen LogP contribution in [0.15, 0.2) is 78.9 Å². The highest BCUT2D eigenvalue weighted by Gasteiger charge is 2.35. The Bertz CT molecular complexity index is 787. The summed E-state index contributed by atoms with van der Waals surface area (Å²) < 4.78 is 0. The average molecular weight is 292 g/mol. The molecule has 0 aliphatic carbocycles. The molecule has 20 heavy (non-hydrogen) atoms. The SMILES string of the molecule is S=P1(c2ccccc2)c2ccccc2-c2ccccc21. The predicted octanol–water partition coefficient (Wildman–Crippen LogP) is 3.42. The Hall–Kier alpha value is -1.69. The van der Waals surface area contributed by atoms with Crippen LogP contribution in [0.3, 0.4) is 0 Å². The lowest BCUT2D eigenvalue weighted by Crippen LogP contribution is -2.20. The first kappa shape index (κ1) is 12.1. The van der Waals surface area contributed by atoms with Gasteiger partial charge in [0.1, 0.15) is 0 Å². The molecule has 2 heteroatoms. The topological polar surface area (TPSA) is 0 Å². The molecule has 0 aromatic heterocycles. The average Bonchev–Trinajstić information content (AvgIpc) is 2.80. The summed E-state index contributed by atoms with van der Waals surface area (Å²) in [5.74, 6) is 0. The van der Waals surface area contributed by atoms with Gasteiger partial charge in [0.15, 0.2) is 0 Å². The highest BCUT2D eigenvalue weighted by atomic mass is 32.4. The monoisotopic (exact) mass is 292 g/mol. The number of hydrogen-bond donors (Lipinski definition) is 0. The van der Waals surface area contributed by atoms with Gasteiger partial charge in [0.25, 0.3) is 0 Å². The summed E-state index contributed by atoms with van der Waals surface area (Å²) in [6, 6.07) is 26.0. The molecule has 3 aromatic carbocycles. The molecule has 0 atom stereocenters. The Morgan fingerprint density at radius 1 is 0.550 bits per heavy atom. The number of hydrogen-bond acceptors (Lipinski definition) is 1. The molecule has 4 rings (SSSR count). The number of fused-ring (bicyclic) bond motifs is 3. The third kappa shape index (κ3) is 1.51. The zero-order valence-electron chi connectivity index (χ0n) is 10.9. The number of benzene rings is 3. The zero-order valence-corrected chi connectivity index (χ0v) is 12.6. The van der Waals surface area contributed by atoms with Gasteiger partial charge in [0.2, 0.25) is 0 Å². The smallest absolute Gasteiger partial charge is 0.0391 e. The van der Waals surface area contributed by atoms with E-state index in [9.17, 15) is 0 Å². The third-order valence-electron chi connectivity index (χ3n) is 3.90. The van der Waals surface area contributed by atoms with Crippen LogP contribution in [-0.2, 0) is 11.8 Å². The van der Waals surface area contributed by atoms with Crippen LogP contribution >= 0.6 is 6.04 Å². The molecular formula is C18H13PS. The lowest BCUT2D eigenvalue weighted by Gasteiger charge is -2.19. The molecule has 1 aliphatic heterocycles. The van der Waals surface area contributed by atoms with Crippen LogP contribution < -0.4 is 15.9 Å². The molecule has 0 N–H and O–H groups in total. The molecule has 0 spiro atoms. The minimum atomic E-state index is -1.87. The molecule has 0 saturated carbocycles. The molecule has 0 nitrogen and oxygen atoms in total. The quantitative estimate of drug-likeness (QED) is 0.484. The van der Waals surface area contributed by atoms with E-state index in [1.807, 2.05) is 0 Å². The largest absolute Gasteiger partial charge is 0.0826 e. The second-order valence-corrected chi connectivity index (χ2v) is 9.32. The van der Waals surface area contributed by atoms with Gasteiger partial charge in [0, 0.05) is 16.6 Å². The van der Waals surface area contributed by atoms with Crippen molar-refractivity contribution >= 4 is 33.8 Å². The van der Waals surface area contributed by atoms with Gasteiger partial charge in [-0.2, -0.15) is 0 Å². The van der Waals surface area contributed by atoms with Crippen molar-refractivity contribution in [1.82, 2.24) is 0 Å². The normalized spacial score (nSPS) is 14.6. The maximum absolute atomic E-state index is 6.25. The Morgan fingerprint density at radius 2 is 1.00 bits per heavy atom. The van der Waals surface area contributed by atoms with Crippen molar-refractivity contribution in [3.05, 3.63) is 78.9 Å². The van der Waals surface area contributed by atoms with Crippen molar-refractivity contribution in [3.63, 3.8) is 0 Å². The van der Waals surface area contributed by atoms with E-state index in [-0.39, 0.29) is 0 Å². The molecule has 0 unspecified atom stereocenters. The van der Waals surface area contributed by atoms with Crippen LogP contribution in [-0.4, -0.2) is 0 Å². The van der Waals surface area contributed by atoms with Gasteiger partial charge in [0.05, 0.1) is 0 Å². The van der Waals surface area contributed by atoms with Crippen molar-refractivity contribution in [2.45, 2.75) is 0 Å². The predicted molar refractivity (Wildman–Crippen MR) is 91.5 cm³/mol. The Kier molecular flexibility index (Phi) is 2.66. The maximum Gasteiger partial charge on any atom is 0.0391 e. The fraction of sp³-hybridized carbons (Fsp3) is 0. The van der Waals surface area contributed by atoms with Crippen LogP contribution in [0.25, 0.3) is 11.1 Å². The van der Waals surface area contributed by atoms with Crippen LogP contribution in [0, 0.1) is 0 Å². The summed E-state index contributed by atoms with van der Waals surface area (Å²) in [6.45, 7) is 0. The fourth-order valence-electron chi connectivity index (χ4n) is 3.00. The van der Waals surface area contributed by atoms with Crippen LogP contribution in [0.2, 0.25) is 0 Å². The van der Waals surface area contributed by atoms with Gasteiger partial charge < -0.3 is 0 Å². The van der Waals surface area contributed by atoms with Gasteiger partial charge in [-0.1, -0.05) is 90.7 Å². The summed E-state index contributed by atoms with van der Waals surface area (Å²) in [6.07, 6.45) is 0. The van der Waals surface area contributed by atoms with E-state index in [2.05, 4.69) is 78.9 Å². The second kappa shape index (κ2) is 4.41. The highest BCUT2D eigenvalue weighted by molar-refractivity contribution is 8.26. The molecule has 0 saturated heterocycles. The first-order valence-corrected chi connectivity index (χ1v) is 9.47. The summed E-state index contributed by atoms with van der Waals surface area (Å²) in [4.78, 5) is 0.